The SMILES string of the molecule is COC(=O)c1c(C)cc(NC2CCN(C(=O)OC(C)(C)C)CC2C)nc1C. The maximum absolute atomic E-state index is 12.3. The number of piperidine rings is 1. The summed E-state index contributed by atoms with van der Waals surface area (Å²) in [5, 5.41) is 3.46. The fourth-order valence-corrected chi connectivity index (χ4v) is 3.36. The minimum atomic E-state index is -0.490. The summed E-state index contributed by atoms with van der Waals surface area (Å²) in [7, 11) is 1.37. The predicted octanol–water partition coefficient (Wildman–Crippen LogP) is 3.54. The van der Waals surface area contributed by atoms with Gasteiger partial charge in [0.15, 0.2) is 0 Å². The summed E-state index contributed by atoms with van der Waals surface area (Å²) in [6, 6.07) is 2.06. The van der Waals surface area contributed by atoms with Crippen molar-refractivity contribution in [3.05, 3.63) is 22.9 Å². The summed E-state index contributed by atoms with van der Waals surface area (Å²) < 4.78 is 10.3. The highest BCUT2D eigenvalue weighted by Crippen LogP contribution is 2.24. The summed E-state index contributed by atoms with van der Waals surface area (Å²) in [6.45, 7) is 12.7. The third kappa shape index (κ3) is 5.34. The Labute approximate surface area is 161 Å². The van der Waals surface area contributed by atoms with Crippen LogP contribution in [0.3, 0.4) is 0 Å². The number of carbonyl (C=O) groups is 2. The van der Waals surface area contributed by atoms with Crippen LogP contribution in [0.5, 0.6) is 0 Å². The molecule has 2 heterocycles. The van der Waals surface area contributed by atoms with Crippen LogP contribution in [0.1, 0.15) is 55.7 Å². The maximum atomic E-state index is 12.3. The van der Waals surface area contributed by atoms with Gasteiger partial charge in [-0.2, -0.15) is 0 Å². The molecule has 1 aromatic heterocycles. The van der Waals surface area contributed by atoms with E-state index in [4.69, 9.17) is 9.47 Å². The van der Waals surface area contributed by atoms with Gasteiger partial charge in [0.1, 0.15) is 11.4 Å². The molecular formula is C20H31N3O4. The summed E-state index contributed by atoms with van der Waals surface area (Å²) in [5.41, 5.74) is 1.49. The van der Waals surface area contributed by atoms with Crippen LogP contribution in [0.15, 0.2) is 6.07 Å². The number of carbonyl (C=O) groups excluding carboxylic acids is 2. The van der Waals surface area contributed by atoms with Crippen molar-refractivity contribution in [2.45, 2.75) is 59.6 Å². The van der Waals surface area contributed by atoms with Crippen LogP contribution in [-0.2, 0) is 9.47 Å². The highest BCUT2D eigenvalue weighted by atomic mass is 16.6. The third-order valence-corrected chi connectivity index (χ3v) is 4.68. The van der Waals surface area contributed by atoms with E-state index in [1.165, 1.54) is 7.11 Å². The van der Waals surface area contributed by atoms with E-state index >= 15 is 0 Å². The molecule has 2 rings (SSSR count). The average Bonchev–Trinajstić information content (AvgIpc) is 2.54. The van der Waals surface area contributed by atoms with Gasteiger partial charge in [0.25, 0.3) is 0 Å². The summed E-state index contributed by atoms with van der Waals surface area (Å²) >= 11 is 0. The van der Waals surface area contributed by atoms with Crippen molar-refractivity contribution < 1.29 is 19.1 Å². The molecule has 1 saturated heterocycles. The molecule has 1 aromatic rings. The first-order chi connectivity index (χ1) is 12.5. The van der Waals surface area contributed by atoms with Crippen LogP contribution in [-0.4, -0.2) is 53.8 Å². The van der Waals surface area contributed by atoms with Crippen molar-refractivity contribution in [3.8, 4) is 0 Å². The van der Waals surface area contributed by atoms with Gasteiger partial charge in [-0.1, -0.05) is 6.92 Å². The fraction of sp³-hybridized carbons (Fsp3) is 0.650. The number of pyridine rings is 1. The van der Waals surface area contributed by atoms with E-state index < -0.39 is 5.60 Å². The lowest BCUT2D eigenvalue weighted by molar-refractivity contribution is 0.0164. The number of esters is 1. The van der Waals surface area contributed by atoms with Gasteiger partial charge in [-0.05, 0) is 58.6 Å². The lowest BCUT2D eigenvalue weighted by Gasteiger charge is -2.38. The molecule has 1 amide bonds. The molecule has 1 aliphatic rings. The maximum Gasteiger partial charge on any atom is 0.410 e. The Bertz CT molecular complexity index is 689. The Morgan fingerprint density at radius 3 is 2.48 bits per heavy atom. The van der Waals surface area contributed by atoms with E-state index in [1.807, 2.05) is 33.8 Å². The van der Waals surface area contributed by atoms with Crippen LogP contribution in [0, 0.1) is 19.8 Å². The largest absolute Gasteiger partial charge is 0.465 e. The Hall–Kier alpha value is -2.31. The average molecular weight is 377 g/mol. The first-order valence-corrected chi connectivity index (χ1v) is 9.33. The van der Waals surface area contributed by atoms with Gasteiger partial charge in [-0.15, -0.1) is 0 Å². The minimum Gasteiger partial charge on any atom is -0.465 e. The number of ether oxygens (including phenoxy) is 2. The number of likely N-dealkylation sites (tertiary alicyclic amines) is 1. The second kappa shape index (κ2) is 8.15. The lowest BCUT2D eigenvalue weighted by Crippen LogP contribution is -2.49. The van der Waals surface area contributed by atoms with Gasteiger partial charge in [-0.25, -0.2) is 14.6 Å². The number of methoxy groups -OCH3 is 1. The summed E-state index contributed by atoms with van der Waals surface area (Å²) in [5.74, 6) is 0.609. The lowest BCUT2D eigenvalue weighted by atomic mass is 9.94. The second-order valence-corrected chi connectivity index (χ2v) is 8.22. The topological polar surface area (TPSA) is 80.8 Å². The van der Waals surface area contributed by atoms with Crippen LogP contribution in [0.2, 0.25) is 0 Å². The Morgan fingerprint density at radius 2 is 1.96 bits per heavy atom. The first-order valence-electron chi connectivity index (χ1n) is 9.33. The van der Waals surface area contributed by atoms with Crippen molar-refractivity contribution in [1.29, 1.82) is 0 Å². The number of nitrogens with one attached hydrogen (secondary N) is 1. The van der Waals surface area contributed by atoms with E-state index in [2.05, 4.69) is 17.2 Å². The van der Waals surface area contributed by atoms with Gasteiger partial charge >= 0.3 is 12.1 Å². The monoisotopic (exact) mass is 377 g/mol. The van der Waals surface area contributed by atoms with E-state index in [-0.39, 0.29) is 24.0 Å². The molecule has 0 bridgehead atoms. The normalized spacial score (nSPS) is 20.2. The molecule has 1 N–H and O–H groups in total. The molecule has 1 aliphatic heterocycles. The second-order valence-electron chi connectivity index (χ2n) is 8.22. The molecule has 1 fully saturated rings. The number of hydrogen-bond donors (Lipinski definition) is 1. The zero-order chi connectivity index (χ0) is 20.4. The molecular weight excluding hydrogens is 346 g/mol. The van der Waals surface area contributed by atoms with Gasteiger partial charge in [0, 0.05) is 19.1 Å². The van der Waals surface area contributed by atoms with Crippen molar-refractivity contribution in [3.63, 3.8) is 0 Å². The van der Waals surface area contributed by atoms with Crippen molar-refractivity contribution in [2.24, 2.45) is 5.92 Å². The van der Waals surface area contributed by atoms with E-state index in [0.29, 0.717) is 24.3 Å². The number of hydrogen-bond acceptors (Lipinski definition) is 6. The van der Waals surface area contributed by atoms with Crippen LogP contribution < -0.4 is 5.32 Å². The predicted molar refractivity (Wildman–Crippen MR) is 104 cm³/mol. The Kier molecular flexibility index (Phi) is 6.34. The standard InChI is InChI=1S/C20H31N3O4/c1-12-10-16(21-14(3)17(12)18(24)26-7)22-15-8-9-23(11-13(15)2)19(25)27-20(4,5)6/h10,13,15H,8-9,11H2,1-7H3,(H,21,22). The number of anilines is 1. The molecule has 0 radical (unpaired) electrons. The quantitative estimate of drug-likeness (QED) is 0.812. The molecule has 7 heteroatoms. The molecule has 0 aliphatic carbocycles. The van der Waals surface area contributed by atoms with Gasteiger partial charge in [0.2, 0.25) is 0 Å². The zero-order valence-corrected chi connectivity index (χ0v) is 17.4. The van der Waals surface area contributed by atoms with Gasteiger partial charge in [0.05, 0.1) is 18.4 Å². The minimum absolute atomic E-state index is 0.193. The number of aromatic nitrogens is 1. The van der Waals surface area contributed by atoms with Crippen molar-refractivity contribution >= 4 is 17.9 Å². The third-order valence-electron chi connectivity index (χ3n) is 4.68. The number of aryl methyl sites for hydroxylation is 2. The molecule has 150 valence electrons. The number of nitrogens with zero attached hydrogens (tertiary/aromatic N) is 2. The molecule has 7 nitrogen and oxygen atoms in total. The van der Waals surface area contributed by atoms with Gasteiger partial charge in [-0.3, -0.25) is 0 Å². The van der Waals surface area contributed by atoms with Crippen LogP contribution in [0.4, 0.5) is 10.6 Å². The molecule has 0 aromatic carbocycles. The van der Waals surface area contributed by atoms with Gasteiger partial charge < -0.3 is 19.7 Å². The van der Waals surface area contributed by atoms with E-state index in [1.54, 1.807) is 11.8 Å². The van der Waals surface area contributed by atoms with Crippen molar-refractivity contribution in [1.82, 2.24) is 9.88 Å². The number of rotatable bonds is 3. The fourth-order valence-electron chi connectivity index (χ4n) is 3.36. The van der Waals surface area contributed by atoms with Crippen LogP contribution >= 0.6 is 0 Å². The molecule has 27 heavy (non-hydrogen) atoms. The van der Waals surface area contributed by atoms with Crippen molar-refractivity contribution in [2.75, 3.05) is 25.5 Å². The molecule has 2 atom stereocenters. The Morgan fingerprint density at radius 1 is 1.30 bits per heavy atom. The van der Waals surface area contributed by atoms with E-state index in [9.17, 15) is 9.59 Å². The summed E-state index contributed by atoms with van der Waals surface area (Å²) in [6.07, 6.45) is 0.541. The highest BCUT2D eigenvalue weighted by molar-refractivity contribution is 5.92. The van der Waals surface area contributed by atoms with E-state index in [0.717, 1.165) is 17.8 Å². The molecule has 2 unspecified atom stereocenters. The molecule has 0 saturated carbocycles. The smallest absolute Gasteiger partial charge is 0.410 e. The zero-order valence-electron chi connectivity index (χ0n) is 17.4. The highest BCUT2D eigenvalue weighted by Gasteiger charge is 2.31. The number of amides is 1. The molecule has 0 spiro atoms. The summed E-state index contributed by atoms with van der Waals surface area (Å²) in [4.78, 5) is 30.4. The Balaban J connectivity index is 2.04. The van der Waals surface area contributed by atoms with Crippen LogP contribution in [0.25, 0.3) is 0 Å². The first kappa shape index (κ1) is 21.0.